The van der Waals surface area contributed by atoms with Gasteiger partial charge in [-0.3, -0.25) is 9.59 Å². The summed E-state index contributed by atoms with van der Waals surface area (Å²) in [5.41, 5.74) is 5.09. The van der Waals surface area contributed by atoms with Gasteiger partial charge in [0.05, 0.1) is 11.8 Å². The first-order chi connectivity index (χ1) is 5.52. The third kappa shape index (κ3) is 1.57. The maximum absolute atomic E-state index is 10.8. The second-order valence-electron chi connectivity index (χ2n) is 3.53. The van der Waals surface area contributed by atoms with Gasteiger partial charge in [-0.2, -0.15) is 0 Å². The van der Waals surface area contributed by atoms with Crippen molar-refractivity contribution < 1.29 is 14.7 Å². The highest BCUT2D eigenvalue weighted by Gasteiger charge is 2.39. The molecule has 0 radical (unpaired) electrons. The molecule has 0 aliphatic heterocycles. The Labute approximate surface area is 70.7 Å². The van der Waals surface area contributed by atoms with E-state index in [4.69, 9.17) is 10.8 Å². The predicted molar refractivity (Wildman–Crippen MR) is 42.2 cm³/mol. The van der Waals surface area contributed by atoms with E-state index in [-0.39, 0.29) is 0 Å². The molecule has 1 fully saturated rings. The van der Waals surface area contributed by atoms with Crippen LogP contribution in [0, 0.1) is 17.8 Å². The number of nitrogens with two attached hydrogens (primary N) is 1. The van der Waals surface area contributed by atoms with Crippen LogP contribution in [0.3, 0.4) is 0 Å². The average molecular weight is 171 g/mol. The highest BCUT2D eigenvalue weighted by molar-refractivity contribution is 5.84. The lowest BCUT2D eigenvalue weighted by Gasteiger charge is -2.10. The molecule has 1 aliphatic carbocycles. The maximum atomic E-state index is 10.8. The molecule has 1 amide bonds. The van der Waals surface area contributed by atoms with E-state index < -0.39 is 23.7 Å². The lowest BCUT2D eigenvalue weighted by Crippen LogP contribution is -2.30. The Morgan fingerprint density at radius 1 is 1.33 bits per heavy atom. The van der Waals surface area contributed by atoms with Crippen molar-refractivity contribution in [2.24, 2.45) is 23.5 Å². The van der Waals surface area contributed by atoms with Crippen LogP contribution in [0.25, 0.3) is 0 Å². The highest BCUT2D eigenvalue weighted by Crippen LogP contribution is 2.35. The SMILES string of the molecule is CC1CC(C(N)=O)C(C(=O)O)C1. The van der Waals surface area contributed by atoms with Gasteiger partial charge in [0.1, 0.15) is 0 Å². The molecule has 0 spiro atoms. The van der Waals surface area contributed by atoms with Crippen molar-refractivity contribution in [3.05, 3.63) is 0 Å². The zero-order valence-corrected chi connectivity index (χ0v) is 6.99. The summed E-state index contributed by atoms with van der Waals surface area (Å²) in [6.07, 6.45) is 1.19. The number of rotatable bonds is 2. The average Bonchev–Trinajstić information content (AvgIpc) is 2.31. The Balaban J connectivity index is 2.72. The molecule has 1 rings (SSSR count). The molecule has 4 heteroatoms. The van der Waals surface area contributed by atoms with Crippen LogP contribution in [-0.4, -0.2) is 17.0 Å². The fraction of sp³-hybridized carbons (Fsp3) is 0.750. The molecule has 1 saturated carbocycles. The van der Waals surface area contributed by atoms with Crippen LogP contribution in [0.5, 0.6) is 0 Å². The van der Waals surface area contributed by atoms with Gasteiger partial charge in [-0.25, -0.2) is 0 Å². The standard InChI is InChI=1S/C8H13NO3/c1-4-2-5(7(9)10)6(3-4)8(11)12/h4-6H,2-3H2,1H3,(H2,9,10)(H,11,12). The molecule has 0 saturated heterocycles. The first kappa shape index (κ1) is 9.03. The summed E-state index contributed by atoms with van der Waals surface area (Å²) in [6, 6.07) is 0. The van der Waals surface area contributed by atoms with Gasteiger partial charge in [0.25, 0.3) is 0 Å². The maximum Gasteiger partial charge on any atom is 0.307 e. The Bertz CT molecular complexity index is 192. The van der Waals surface area contributed by atoms with Crippen LogP contribution in [0.2, 0.25) is 0 Å². The van der Waals surface area contributed by atoms with Gasteiger partial charge in [-0.05, 0) is 18.8 Å². The third-order valence-electron chi connectivity index (χ3n) is 2.48. The van der Waals surface area contributed by atoms with Gasteiger partial charge in [-0.1, -0.05) is 6.92 Å². The first-order valence-electron chi connectivity index (χ1n) is 4.04. The topological polar surface area (TPSA) is 80.4 Å². The molecular weight excluding hydrogens is 158 g/mol. The molecule has 0 aromatic carbocycles. The Morgan fingerprint density at radius 3 is 2.17 bits per heavy atom. The van der Waals surface area contributed by atoms with Crippen molar-refractivity contribution in [3.8, 4) is 0 Å². The first-order valence-corrected chi connectivity index (χ1v) is 4.04. The molecule has 3 N–H and O–H groups in total. The molecule has 3 unspecified atom stereocenters. The van der Waals surface area contributed by atoms with E-state index >= 15 is 0 Å². The zero-order chi connectivity index (χ0) is 9.30. The van der Waals surface area contributed by atoms with Crippen LogP contribution in [0.15, 0.2) is 0 Å². The van der Waals surface area contributed by atoms with Crippen molar-refractivity contribution in [1.82, 2.24) is 0 Å². The zero-order valence-electron chi connectivity index (χ0n) is 6.99. The third-order valence-corrected chi connectivity index (χ3v) is 2.48. The summed E-state index contributed by atoms with van der Waals surface area (Å²) < 4.78 is 0. The van der Waals surface area contributed by atoms with E-state index in [0.29, 0.717) is 18.8 Å². The van der Waals surface area contributed by atoms with E-state index in [9.17, 15) is 9.59 Å². The molecule has 68 valence electrons. The minimum atomic E-state index is -0.900. The van der Waals surface area contributed by atoms with Crippen molar-refractivity contribution in [2.45, 2.75) is 19.8 Å². The second kappa shape index (κ2) is 3.13. The van der Waals surface area contributed by atoms with Crippen LogP contribution < -0.4 is 5.73 Å². The molecule has 0 aromatic rings. The fourth-order valence-electron chi connectivity index (χ4n) is 1.88. The van der Waals surface area contributed by atoms with E-state index in [0.717, 1.165) is 0 Å². The van der Waals surface area contributed by atoms with E-state index in [1.807, 2.05) is 6.92 Å². The number of carbonyl (C=O) groups excluding carboxylic acids is 1. The number of primary amides is 1. The van der Waals surface area contributed by atoms with Gasteiger partial charge in [0, 0.05) is 0 Å². The van der Waals surface area contributed by atoms with Gasteiger partial charge < -0.3 is 10.8 Å². The van der Waals surface area contributed by atoms with Crippen LogP contribution in [0.4, 0.5) is 0 Å². The summed E-state index contributed by atoms with van der Waals surface area (Å²) in [5, 5.41) is 8.74. The van der Waals surface area contributed by atoms with Gasteiger partial charge in [0.2, 0.25) is 5.91 Å². The number of amides is 1. The van der Waals surface area contributed by atoms with Gasteiger partial charge >= 0.3 is 5.97 Å². The van der Waals surface area contributed by atoms with E-state index in [1.54, 1.807) is 0 Å². The number of carboxylic acid groups (broad SMARTS) is 1. The van der Waals surface area contributed by atoms with Crippen LogP contribution >= 0.6 is 0 Å². The quantitative estimate of drug-likeness (QED) is 0.623. The fourth-order valence-corrected chi connectivity index (χ4v) is 1.88. The van der Waals surface area contributed by atoms with Gasteiger partial charge in [-0.15, -0.1) is 0 Å². The summed E-state index contributed by atoms with van der Waals surface area (Å²) in [7, 11) is 0. The number of carbonyl (C=O) groups is 2. The van der Waals surface area contributed by atoms with Crippen molar-refractivity contribution in [2.75, 3.05) is 0 Å². The molecule has 0 bridgehead atoms. The minimum Gasteiger partial charge on any atom is -0.481 e. The Morgan fingerprint density at radius 2 is 1.83 bits per heavy atom. The van der Waals surface area contributed by atoms with E-state index in [2.05, 4.69) is 0 Å². The smallest absolute Gasteiger partial charge is 0.307 e. The Kier molecular flexibility index (Phi) is 2.35. The van der Waals surface area contributed by atoms with Gasteiger partial charge in [0.15, 0.2) is 0 Å². The summed E-state index contributed by atoms with van der Waals surface area (Å²) in [6.45, 7) is 1.94. The molecule has 4 nitrogen and oxygen atoms in total. The van der Waals surface area contributed by atoms with Crippen molar-refractivity contribution in [3.63, 3.8) is 0 Å². The summed E-state index contributed by atoms with van der Waals surface area (Å²) >= 11 is 0. The number of hydrogen-bond acceptors (Lipinski definition) is 2. The lowest BCUT2D eigenvalue weighted by molar-refractivity contribution is -0.145. The van der Waals surface area contributed by atoms with E-state index in [1.165, 1.54) is 0 Å². The number of carboxylic acids is 1. The largest absolute Gasteiger partial charge is 0.481 e. The van der Waals surface area contributed by atoms with Crippen LogP contribution in [0.1, 0.15) is 19.8 Å². The monoisotopic (exact) mass is 171 g/mol. The molecule has 1 aliphatic rings. The number of hydrogen-bond donors (Lipinski definition) is 2. The lowest BCUT2D eigenvalue weighted by atomic mass is 9.96. The molecule has 0 aromatic heterocycles. The van der Waals surface area contributed by atoms with Crippen molar-refractivity contribution >= 4 is 11.9 Å². The molecular formula is C8H13NO3. The highest BCUT2D eigenvalue weighted by atomic mass is 16.4. The molecule has 3 atom stereocenters. The normalized spacial score (nSPS) is 34.9. The summed E-state index contributed by atoms with van der Waals surface area (Å²) in [5.74, 6) is -2.10. The molecule has 12 heavy (non-hydrogen) atoms. The predicted octanol–water partition coefficient (Wildman–Crippen LogP) is 0.219. The second-order valence-corrected chi connectivity index (χ2v) is 3.53. The number of aliphatic carboxylic acids is 1. The molecule has 0 heterocycles. The summed E-state index contributed by atoms with van der Waals surface area (Å²) in [4.78, 5) is 21.5. The minimum absolute atomic E-state index is 0.295. The Hall–Kier alpha value is -1.06. The van der Waals surface area contributed by atoms with Crippen molar-refractivity contribution in [1.29, 1.82) is 0 Å². The van der Waals surface area contributed by atoms with Crippen LogP contribution in [-0.2, 0) is 9.59 Å².